The van der Waals surface area contributed by atoms with Crippen LogP contribution >= 0.6 is 0 Å². The van der Waals surface area contributed by atoms with Crippen molar-refractivity contribution in [2.24, 2.45) is 0 Å². The van der Waals surface area contributed by atoms with Crippen molar-refractivity contribution in [3.63, 3.8) is 0 Å². The van der Waals surface area contributed by atoms with Crippen molar-refractivity contribution in [1.29, 1.82) is 0 Å². The minimum absolute atomic E-state index is 0.172. The van der Waals surface area contributed by atoms with Gasteiger partial charge in [0.15, 0.2) is 0 Å². The molecule has 0 saturated carbocycles. The van der Waals surface area contributed by atoms with Gasteiger partial charge in [0.05, 0.1) is 17.7 Å². The Morgan fingerprint density at radius 3 is 2.39 bits per heavy atom. The lowest BCUT2D eigenvalue weighted by molar-refractivity contribution is 0.0526. The highest BCUT2D eigenvalue weighted by Crippen LogP contribution is 2.33. The number of phenolic OH excluding ortho intramolecular Hbond substituents is 1. The summed E-state index contributed by atoms with van der Waals surface area (Å²) in [5.41, 5.74) is 1.99. The highest BCUT2D eigenvalue weighted by atomic mass is 16.5. The summed E-state index contributed by atoms with van der Waals surface area (Å²) >= 11 is 0. The summed E-state index contributed by atoms with van der Waals surface area (Å²) in [6.07, 6.45) is 0. The van der Waals surface area contributed by atoms with Crippen LogP contribution in [-0.2, 0) is 4.74 Å². The normalized spacial score (nSPS) is 10.5. The molecule has 0 bridgehead atoms. The number of benzene rings is 2. The molecule has 1 N–H and O–H groups in total. The minimum atomic E-state index is -0.339. The Hall–Kier alpha value is -3.01. The summed E-state index contributed by atoms with van der Waals surface area (Å²) < 4.78 is 10.8. The van der Waals surface area contributed by atoms with Crippen LogP contribution in [-0.4, -0.2) is 17.7 Å². The largest absolute Gasteiger partial charge is 0.507 e. The van der Waals surface area contributed by atoms with E-state index in [2.05, 4.69) is 0 Å². The first-order valence-electron chi connectivity index (χ1n) is 7.35. The molecule has 0 atom stereocenters. The van der Waals surface area contributed by atoms with E-state index in [1.807, 2.05) is 18.2 Å². The van der Waals surface area contributed by atoms with Crippen molar-refractivity contribution in [1.82, 2.24) is 0 Å². The average Bonchev–Trinajstić information content (AvgIpc) is 3.05. The SMILES string of the molecule is CCOC(=O)c1ccc(-c2ccc(-c3ccccc3O)o2)cc1. The second-order valence-electron chi connectivity index (χ2n) is 4.98. The van der Waals surface area contributed by atoms with Gasteiger partial charge in [-0.2, -0.15) is 0 Å². The number of ether oxygens (including phenoxy) is 1. The summed E-state index contributed by atoms with van der Waals surface area (Å²) in [5.74, 6) is 1.09. The molecule has 3 aromatic rings. The van der Waals surface area contributed by atoms with Crippen LogP contribution in [0.4, 0.5) is 0 Å². The lowest BCUT2D eigenvalue weighted by atomic mass is 10.1. The number of carbonyl (C=O) groups excluding carboxylic acids is 1. The molecule has 1 aromatic heterocycles. The Morgan fingerprint density at radius 2 is 1.70 bits per heavy atom. The molecule has 0 amide bonds. The number of furan rings is 1. The van der Waals surface area contributed by atoms with Gasteiger partial charge in [0.1, 0.15) is 17.3 Å². The van der Waals surface area contributed by atoms with Gasteiger partial charge in [0.2, 0.25) is 0 Å². The van der Waals surface area contributed by atoms with Crippen LogP contribution in [0.25, 0.3) is 22.6 Å². The highest BCUT2D eigenvalue weighted by molar-refractivity contribution is 5.90. The van der Waals surface area contributed by atoms with E-state index in [4.69, 9.17) is 9.15 Å². The third kappa shape index (κ3) is 3.11. The summed E-state index contributed by atoms with van der Waals surface area (Å²) in [6, 6.07) is 17.7. The predicted octanol–water partition coefficient (Wildman–Crippen LogP) is 4.50. The molecule has 0 fully saturated rings. The molecule has 0 spiro atoms. The van der Waals surface area contributed by atoms with E-state index in [-0.39, 0.29) is 11.7 Å². The molecule has 0 unspecified atom stereocenters. The van der Waals surface area contributed by atoms with Crippen LogP contribution in [0.2, 0.25) is 0 Å². The molecule has 116 valence electrons. The fourth-order valence-electron chi connectivity index (χ4n) is 2.30. The van der Waals surface area contributed by atoms with E-state index in [0.717, 1.165) is 5.56 Å². The zero-order valence-electron chi connectivity index (χ0n) is 12.7. The van der Waals surface area contributed by atoms with Gasteiger partial charge in [-0.15, -0.1) is 0 Å². The highest BCUT2D eigenvalue weighted by Gasteiger charge is 2.11. The molecule has 0 radical (unpaired) electrons. The molecule has 0 aliphatic rings. The maximum atomic E-state index is 11.6. The quantitative estimate of drug-likeness (QED) is 0.721. The number of phenols is 1. The first kappa shape index (κ1) is 14.9. The number of para-hydroxylation sites is 1. The van der Waals surface area contributed by atoms with Gasteiger partial charge in [0.25, 0.3) is 0 Å². The Kier molecular flexibility index (Phi) is 4.15. The standard InChI is InChI=1S/C19H16O4/c1-2-22-19(21)14-9-7-13(8-10-14)17-11-12-18(23-17)15-5-3-4-6-16(15)20/h3-12,20H,2H2,1H3. The van der Waals surface area contributed by atoms with Crippen molar-refractivity contribution < 1.29 is 19.1 Å². The van der Waals surface area contributed by atoms with Gasteiger partial charge < -0.3 is 14.3 Å². The molecule has 0 saturated heterocycles. The first-order chi connectivity index (χ1) is 11.2. The Labute approximate surface area is 134 Å². The maximum Gasteiger partial charge on any atom is 0.338 e. The second kappa shape index (κ2) is 6.40. The van der Waals surface area contributed by atoms with Crippen molar-refractivity contribution in [3.8, 4) is 28.4 Å². The van der Waals surface area contributed by atoms with Crippen LogP contribution in [0.5, 0.6) is 5.75 Å². The maximum absolute atomic E-state index is 11.6. The number of aromatic hydroxyl groups is 1. The van der Waals surface area contributed by atoms with Crippen molar-refractivity contribution in [3.05, 3.63) is 66.2 Å². The smallest absolute Gasteiger partial charge is 0.338 e. The molecular formula is C19H16O4. The van der Waals surface area contributed by atoms with E-state index < -0.39 is 0 Å². The summed E-state index contributed by atoms with van der Waals surface area (Å²) in [7, 11) is 0. The van der Waals surface area contributed by atoms with Gasteiger partial charge in [-0.05, 0) is 43.3 Å². The Bertz CT molecular complexity index is 815. The van der Waals surface area contributed by atoms with Gasteiger partial charge >= 0.3 is 5.97 Å². The molecule has 2 aromatic carbocycles. The Morgan fingerprint density at radius 1 is 1.00 bits per heavy atom. The van der Waals surface area contributed by atoms with Gasteiger partial charge in [-0.3, -0.25) is 0 Å². The molecule has 4 heteroatoms. The molecule has 0 aliphatic carbocycles. The van der Waals surface area contributed by atoms with Crippen LogP contribution in [0.3, 0.4) is 0 Å². The monoisotopic (exact) mass is 308 g/mol. The molecular weight excluding hydrogens is 292 g/mol. The number of rotatable bonds is 4. The van der Waals surface area contributed by atoms with Crippen molar-refractivity contribution in [2.45, 2.75) is 6.92 Å². The number of hydrogen-bond acceptors (Lipinski definition) is 4. The zero-order valence-corrected chi connectivity index (χ0v) is 12.7. The van der Waals surface area contributed by atoms with Crippen molar-refractivity contribution >= 4 is 5.97 Å². The average molecular weight is 308 g/mol. The van der Waals surface area contributed by atoms with Crippen LogP contribution in [0.1, 0.15) is 17.3 Å². The molecule has 23 heavy (non-hydrogen) atoms. The van der Waals surface area contributed by atoms with Gasteiger partial charge in [-0.25, -0.2) is 4.79 Å². The van der Waals surface area contributed by atoms with E-state index in [0.29, 0.717) is 29.3 Å². The molecule has 0 aliphatic heterocycles. The van der Waals surface area contributed by atoms with Gasteiger partial charge in [-0.1, -0.05) is 24.3 Å². The summed E-state index contributed by atoms with van der Waals surface area (Å²) in [4.78, 5) is 11.6. The van der Waals surface area contributed by atoms with Crippen LogP contribution in [0, 0.1) is 0 Å². The third-order valence-electron chi connectivity index (χ3n) is 3.46. The topological polar surface area (TPSA) is 59.7 Å². The lowest BCUT2D eigenvalue weighted by Crippen LogP contribution is -2.03. The van der Waals surface area contributed by atoms with E-state index in [1.54, 1.807) is 49.4 Å². The fraction of sp³-hybridized carbons (Fsp3) is 0.105. The van der Waals surface area contributed by atoms with E-state index in [1.165, 1.54) is 0 Å². The van der Waals surface area contributed by atoms with Crippen LogP contribution in [0.15, 0.2) is 65.1 Å². The Balaban J connectivity index is 1.86. The van der Waals surface area contributed by atoms with Gasteiger partial charge in [0, 0.05) is 5.56 Å². The first-order valence-corrected chi connectivity index (χ1v) is 7.35. The number of carbonyl (C=O) groups is 1. The van der Waals surface area contributed by atoms with Crippen LogP contribution < -0.4 is 0 Å². The summed E-state index contributed by atoms with van der Waals surface area (Å²) in [6.45, 7) is 2.12. The zero-order chi connectivity index (χ0) is 16.2. The molecule has 4 nitrogen and oxygen atoms in total. The predicted molar refractivity (Wildman–Crippen MR) is 87.2 cm³/mol. The molecule has 1 heterocycles. The lowest BCUT2D eigenvalue weighted by Gasteiger charge is -2.03. The number of hydrogen-bond donors (Lipinski definition) is 1. The fourth-order valence-corrected chi connectivity index (χ4v) is 2.30. The van der Waals surface area contributed by atoms with E-state index in [9.17, 15) is 9.90 Å². The third-order valence-corrected chi connectivity index (χ3v) is 3.46. The summed E-state index contributed by atoms with van der Waals surface area (Å²) in [5, 5.41) is 9.88. The number of esters is 1. The minimum Gasteiger partial charge on any atom is -0.507 e. The second-order valence-corrected chi connectivity index (χ2v) is 4.98. The van der Waals surface area contributed by atoms with E-state index >= 15 is 0 Å². The van der Waals surface area contributed by atoms with Crippen molar-refractivity contribution in [2.75, 3.05) is 6.61 Å². The molecule has 3 rings (SSSR count).